The topological polar surface area (TPSA) is 39.9 Å². The van der Waals surface area contributed by atoms with Crippen LogP contribution in [-0.2, 0) is 18.2 Å². The number of methoxy groups -OCH3 is 1. The number of aromatic nitrogens is 3. The summed E-state index contributed by atoms with van der Waals surface area (Å²) >= 11 is 0. The van der Waals surface area contributed by atoms with Crippen molar-refractivity contribution in [2.45, 2.75) is 53.1 Å². The Balaban J connectivity index is 0.000000418. The molecule has 4 rings (SSSR count). The van der Waals surface area contributed by atoms with E-state index in [0.29, 0.717) is 0 Å². The Kier molecular flexibility index (Phi) is 8.40. The molecule has 3 aromatic rings. The van der Waals surface area contributed by atoms with E-state index >= 15 is 0 Å². The van der Waals surface area contributed by atoms with Crippen LogP contribution < -0.4 is 0 Å². The molecule has 28 heavy (non-hydrogen) atoms. The van der Waals surface area contributed by atoms with Gasteiger partial charge >= 0.3 is 0 Å². The molecule has 0 saturated carbocycles. The van der Waals surface area contributed by atoms with E-state index in [9.17, 15) is 0 Å². The van der Waals surface area contributed by atoms with Gasteiger partial charge in [-0.05, 0) is 11.1 Å². The third-order valence-corrected chi connectivity index (χ3v) is 4.35. The number of rotatable bonds is 1. The van der Waals surface area contributed by atoms with Gasteiger partial charge in [-0.1, -0.05) is 94.3 Å². The molecule has 4 nitrogen and oxygen atoms in total. The molecule has 0 radical (unpaired) electrons. The molecule has 1 aromatic heterocycles. The van der Waals surface area contributed by atoms with Crippen LogP contribution in [0.2, 0.25) is 0 Å². The van der Waals surface area contributed by atoms with Gasteiger partial charge in [-0.3, -0.25) is 0 Å². The summed E-state index contributed by atoms with van der Waals surface area (Å²) in [5.74, 6) is 0. The Labute approximate surface area is 169 Å². The second kappa shape index (κ2) is 10.8. The first-order chi connectivity index (χ1) is 13.6. The summed E-state index contributed by atoms with van der Waals surface area (Å²) < 4.78 is 7.64. The maximum atomic E-state index is 5.79. The zero-order valence-corrected chi connectivity index (χ0v) is 18.1. The molecule has 1 unspecified atom stereocenters. The zero-order valence-electron chi connectivity index (χ0n) is 18.1. The van der Waals surface area contributed by atoms with E-state index in [0.717, 1.165) is 28.9 Å². The first-order valence-corrected chi connectivity index (χ1v) is 10.2. The van der Waals surface area contributed by atoms with Crippen molar-refractivity contribution in [2.75, 3.05) is 7.11 Å². The lowest BCUT2D eigenvalue weighted by Gasteiger charge is -2.23. The maximum absolute atomic E-state index is 5.79. The van der Waals surface area contributed by atoms with E-state index < -0.39 is 0 Å². The van der Waals surface area contributed by atoms with Gasteiger partial charge in [0.2, 0.25) is 0 Å². The van der Waals surface area contributed by atoms with Crippen LogP contribution in [-0.4, -0.2) is 22.1 Å². The summed E-state index contributed by atoms with van der Waals surface area (Å²) in [6.07, 6.45) is 3.36. The Morgan fingerprint density at radius 1 is 0.929 bits per heavy atom. The van der Waals surface area contributed by atoms with Crippen LogP contribution in [0.25, 0.3) is 22.5 Å². The average Bonchev–Trinajstić information content (AvgIpc) is 3.07. The van der Waals surface area contributed by atoms with E-state index in [1.807, 2.05) is 17.8 Å². The van der Waals surface area contributed by atoms with E-state index in [1.54, 1.807) is 7.11 Å². The van der Waals surface area contributed by atoms with Crippen LogP contribution in [0.5, 0.6) is 0 Å². The van der Waals surface area contributed by atoms with Gasteiger partial charge in [0.1, 0.15) is 5.69 Å². The van der Waals surface area contributed by atoms with Gasteiger partial charge in [0.25, 0.3) is 0 Å². The molecule has 1 aliphatic rings. The summed E-state index contributed by atoms with van der Waals surface area (Å²) in [7, 11) is 3.71. The van der Waals surface area contributed by atoms with Gasteiger partial charge in [-0.15, -0.1) is 5.10 Å². The first-order valence-electron chi connectivity index (χ1n) is 10.2. The Hall–Kier alpha value is -2.46. The van der Waals surface area contributed by atoms with Crippen molar-refractivity contribution in [3.63, 3.8) is 0 Å². The minimum Gasteiger partial charge on any atom is -0.376 e. The smallest absolute Gasteiger partial charge is 0.121 e. The molecular weight excluding hydrogens is 346 g/mol. The van der Waals surface area contributed by atoms with Gasteiger partial charge in [-0.2, -0.15) is 0 Å². The molecule has 2 aromatic carbocycles. The Morgan fingerprint density at radius 3 is 2.14 bits per heavy atom. The van der Waals surface area contributed by atoms with Crippen molar-refractivity contribution < 1.29 is 4.74 Å². The van der Waals surface area contributed by atoms with Crippen LogP contribution in [0.3, 0.4) is 0 Å². The van der Waals surface area contributed by atoms with Crippen molar-refractivity contribution >= 4 is 0 Å². The normalized spacial score (nSPS) is 14.0. The summed E-state index contributed by atoms with van der Waals surface area (Å²) in [5, 5.41) is 8.68. The summed E-state index contributed by atoms with van der Waals surface area (Å²) in [4.78, 5) is 0. The number of aryl methyl sites for hydroxylation is 1. The molecule has 4 heteroatoms. The van der Waals surface area contributed by atoms with Crippen molar-refractivity contribution in [2.24, 2.45) is 7.05 Å². The fourth-order valence-corrected chi connectivity index (χ4v) is 3.28. The van der Waals surface area contributed by atoms with Crippen LogP contribution in [0.1, 0.15) is 57.8 Å². The molecule has 0 spiro atoms. The molecule has 0 fully saturated rings. The summed E-state index contributed by atoms with van der Waals surface area (Å²) in [6.45, 7) is 8.50. The molecule has 0 bridgehead atoms. The minimum absolute atomic E-state index is 0.0281. The lowest BCUT2D eigenvalue weighted by molar-refractivity contribution is 0.104. The number of ether oxygens (including phenoxy) is 1. The average molecular weight is 380 g/mol. The van der Waals surface area contributed by atoms with Crippen LogP contribution in [0.4, 0.5) is 0 Å². The van der Waals surface area contributed by atoms with E-state index in [4.69, 9.17) is 4.74 Å². The highest BCUT2D eigenvalue weighted by Crippen LogP contribution is 2.40. The highest BCUT2D eigenvalue weighted by Gasteiger charge is 2.26. The Bertz CT molecular complexity index is 868. The van der Waals surface area contributed by atoms with Crippen molar-refractivity contribution in [3.05, 3.63) is 59.7 Å². The third-order valence-electron chi connectivity index (χ3n) is 4.35. The predicted molar refractivity (Wildman–Crippen MR) is 117 cm³/mol. The quantitative estimate of drug-likeness (QED) is 0.503. The number of fused-ring (bicyclic) bond motifs is 5. The Morgan fingerprint density at radius 2 is 1.50 bits per heavy atom. The largest absolute Gasteiger partial charge is 0.376 e. The van der Waals surface area contributed by atoms with Crippen molar-refractivity contribution in [1.29, 1.82) is 0 Å². The van der Waals surface area contributed by atoms with E-state index in [2.05, 4.69) is 80.5 Å². The molecule has 0 amide bonds. The molecule has 1 aliphatic carbocycles. The second-order valence-corrected chi connectivity index (χ2v) is 7.00. The number of hydrogen-bond acceptors (Lipinski definition) is 3. The van der Waals surface area contributed by atoms with Gasteiger partial charge in [0, 0.05) is 31.7 Å². The predicted octanol–water partition coefficient (Wildman–Crippen LogP) is 6.23. The van der Waals surface area contributed by atoms with Gasteiger partial charge < -0.3 is 4.74 Å². The van der Waals surface area contributed by atoms with Crippen LogP contribution in [0, 0.1) is 0 Å². The van der Waals surface area contributed by atoms with Crippen molar-refractivity contribution in [1.82, 2.24) is 15.0 Å². The van der Waals surface area contributed by atoms with Gasteiger partial charge in [-0.25, -0.2) is 4.68 Å². The molecule has 0 aliphatic heterocycles. The summed E-state index contributed by atoms with van der Waals surface area (Å²) in [6, 6.07) is 16.7. The van der Waals surface area contributed by atoms with Gasteiger partial charge in [0.15, 0.2) is 0 Å². The highest BCUT2D eigenvalue weighted by atomic mass is 16.5. The summed E-state index contributed by atoms with van der Waals surface area (Å²) in [5.41, 5.74) is 6.70. The number of hydrogen-bond donors (Lipinski definition) is 0. The molecular formula is C24H33N3O. The lowest BCUT2D eigenvalue weighted by Crippen LogP contribution is -2.11. The monoisotopic (exact) mass is 379 g/mol. The number of nitrogens with zero attached hydrogens (tertiary/aromatic N) is 3. The standard InChI is InChI=1S/C18H17N3O.2C3H8/c1-21-18-15-10-6-5-9-14(15)16(22-2)11-12-7-3-4-8-13(12)17(18)19-20-21;2*1-3-2/h3-10,16H,11H2,1-2H3;2*3H2,1-2H3. The van der Waals surface area contributed by atoms with Crippen LogP contribution >= 0.6 is 0 Å². The molecule has 1 heterocycles. The molecule has 0 saturated heterocycles. The fraction of sp³-hybridized carbons (Fsp3) is 0.417. The van der Waals surface area contributed by atoms with Crippen LogP contribution in [0.15, 0.2) is 48.5 Å². The molecule has 150 valence electrons. The lowest BCUT2D eigenvalue weighted by atomic mass is 9.87. The fourth-order valence-electron chi connectivity index (χ4n) is 3.28. The van der Waals surface area contributed by atoms with Crippen molar-refractivity contribution in [3.8, 4) is 22.5 Å². The molecule has 0 N–H and O–H groups in total. The maximum Gasteiger partial charge on any atom is 0.121 e. The van der Waals surface area contributed by atoms with E-state index in [-0.39, 0.29) is 6.10 Å². The third kappa shape index (κ3) is 4.68. The minimum atomic E-state index is 0.0281. The zero-order chi connectivity index (χ0) is 20.5. The number of benzene rings is 2. The van der Waals surface area contributed by atoms with Gasteiger partial charge in [0.05, 0.1) is 11.8 Å². The SMILES string of the molecule is CCC.CCC.COC1Cc2ccccc2-c2nnn(C)c2-c2ccccc21. The first kappa shape index (κ1) is 21.8. The molecule has 1 atom stereocenters. The highest BCUT2D eigenvalue weighted by molar-refractivity contribution is 5.82. The van der Waals surface area contributed by atoms with E-state index in [1.165, 1.54) is 24.0 Å². The second-order valence-electron chi connectivity index (χ2n) is 7.00.